The van der Waals surface area contributed by atoms with Gasteiger partial charge in [0, 0.05) is 17.8 Å². The second-order valence-electron chi connectivity index (χ2n) is 5.70. The van der Waals surface area contributed by atoms with Crippen molar-refractivity contribution in [3.63, 3.8) is 0 Å². The maximum absolute atomic E-state index is 12.2. The van der Waals surface area contributed by atoms with Crippen LogP contribution in [0.1, 0.15) is 22.3 Å². The molecule has 0 fully saturated rings. The molecule has 0 radical (unpaired) electrons. The molecule has 2 aromatic rings. The molecule has 0 bridgehead atoms. The minimum Gasteiger partial charge on any atom is -0.469 e. The first-order valence-electron chi connectivity index (χ1n) is 8.18. The van der Waals surface area contributed by atoms with Crippen LogP contribution >= 0.6 is 11.6 Å². The van der Waals surface area contributed by atoms with Gasteiger partial charge in [0.2, 0.25) is 5.91 Å². The molecule has 8 heteroatoms. The van der Waals surface area contributed by atoms with Gasteiger partial charge in [0.1, 0.15) is 0 Å². The number of para-hydroxylation sites is 1. The number of esters is 1. The summed E-state index contributed by atoms with van der Waals surface area (Å²) in [6, 6.07) is 11.6. The van der Waals surface area contributed by atoms with Gasteiger partial charge in [0.25, 0.3) is 5.91 Å². The zero-order chi connectivity index (χ0) is 19.8. The first-order chi connectivity index (χ1) is 12.9. The lowest BCUT2D eigenvalue weighted by Gasteiger charge is -2.12. The highest BCUT2D eigenvalue weighted by molar-refractivity contribution is 6.34. The Morgan fingerprint density at radius 2 is 1.89 bits per heavy atom. The smallest absolute Gasteiger partial charge is 0.305 e. The van der Waals surface area contributed by atoms with Gasteiger partial charge in [-0.1, -0.05) is 29.8 Å². The Balaban J connectivity index is 1.95. The van der Waals surface area contributed by atoms with Gasteiger partial charge in [-0.3, -0.25) is 14.4 Å². The summed E-state index contributed by atoms with van der Waals surface area (Å²) in [6.45, 7) is -0.241. The van der Waals surface area contributed by atoms with Crippen molar-refractivity contribution in [3.05, 3.63) is 58.6 Å². The molecule has 142 valence electrons. The number of nitrogens with one attached hydrogen (secondary N) is 2. The van der Waals surface area contributed by atoms with Gasteiger partial charge >= 0.3 is 5.97 Å². The summed E-state index contributed by atoms with van der Waals surface area (Å²) >= 11 is 5.97. The first kappa shape index (κ1) is 20.3. The quantitative estimate of drug-likeness (QED) is 0.497. The van der Waals surface area contributed by atoms with Gasteiger partial charge in [-0.15, -0.1) is 0 Å². The van der Waals surface area contributed by atoms with Gasteiger partial charge in [0.15, 0.2) is 0 Å². The Labute approximate surface area is 161 Å². The maximum atomic E-state index is 12.2. The van der Waals surface area contributed by atoms with Crippen LogP contribution in [0, 0.1) is 0 Å². The third-order valence-corrected chi connectivity index (χ3v) is 4.09. The van der Waals surface area contributed by atoms with Crippen molar-refractivity contribution < 1.29 is 19.1 Å². The molecule has 0 atom stereocenters. The number of rotatable bonds is 7. The summed E-state index contributed by atoms with van der Waals surface area (Å²) in [6.07, 6.45) is 0.627. The van der Waals surface area contributed by atoms with Crippen molar-refractivity contribution in [2.75, 3.05) is 24.7 Å². The molecule has 0 saturated carbocycles. The average molecular weight is 390 g/mol. The molecule has 2 rings (SSSR count). The molecule has 0 heterocycles. The van der Waals surface area contributed by atoms with Crippen LogP contribution in [0.2, 0.25) is 5.02 Å². The van der Waals surface area contributed by atoms with Crippen molar-refractivity contribution in [1.82, 2.24) is 5.32 Å². The topological polar surface area (TPSA) is 111 Å². The first-order valence-corrected chi connectivity index (χ1v) is 8.56. The van der Waals surface area contributed by atoms with E-state index in [0.717, 1.165) is 5.56 Å². The van der Waals surface area contributed by atoms with E-state index < -0.39 is 11.8 Å². The fourth-order valence-corrected chi connectivity index (χ4v) is 2.57. The van der Waals surface area contributed by atoms with Crippen molar-refractivity contribution in [3.8, 4) is 0 Å². The number of aryl methyl sites for hydroxylation is 1. The predicted molar refractivity (Wildman–Crippen MR) is 104 cm³/mol. The molecule has 0 saturated heterocycles. The molecule has 0 aliphatic heterocycles. The largest absolute Gasteiger partial charge is 0.469 e. The summed E-state index contributed by atoms with van der Waals surface area (Å²) in [5, 5.41) is 5.47. The van der Waals surface area contributed by atoms with E-state index in [9.17, 15) is 14.4 Å². The zero-order valence-corrected chi connectivity index (χ0v) is 15.5. The summed E-state index contributed by atoms with van der Waals surface area (Å²) < 4.78 is 4.62. The van der Waals surface area contributed by atoms with E-state index >= 15 is 0 Å². The molecule has 0 spiro atoms. The number of benzene rings is 2. The highest BCUT2D eigenvalue weighted by Crippen LogP contribution is 2.19. The second-order valence-corrected chi connectivity index (χ2v) is 6.11. The van der Waals surface area contributed by atoms with E-state index in [2.05, 4.69) is 15.4 Å². The van der Waals surface area contributed by atoms with Gasteiger partial charge in [-0.2, -0.15) is 0 Å². The number of carbonyl (C=O) groups is 3. The Morgan fingerprint density at radius 3 is 2.63 bits per heavy atom. The van der Waals surface area contributed by atoms with Crippen molar-refractivity contribution in [1.29, 1.82) is 0 Å². The number of hydrogen-bond donors (Lipinski definition) is 3. The van der Waals surface area contributed by atoms with E-state index in [-0.39, 0.29) is 29.5 Å². The lowest BCUT2D eigenvalue weighted by molar-refractivity contribution is -0.140. The fraction of sp³-hybridized carbons (Fsp3) is 0.211. The van der Waals surface area contributed by atoms with Crippen molar-refractivity contribution in [2.24, 2.45) is 0 Å². The molecule has 0 unspecified atom stereocenters. The summed E-state index contributed by atoms with van der Waals surface area (Å²) in [5.41, 5.74) is 7.61. The molecule has 27 heavy (non-hydrogen) atoms. The number of nitrogen functional groups attached to an aromatic ring is 1. The monoisotopic (exact) mass is 389 g/mol. The van der Waals surface area contributed by atoms with E-state index in [1.807, 2.05) is 12.1 Å². The highest BCUT2D eigenvalue weighted by Gasteiger charge is 2.13. The Morgan fingerprint density at radius 1 is 1.15 bits per heavy atom. The standard InChI is InChI=1S/C19H20ClN3O4/c1-27-18(25)9-6-12-4-2-3-5-16(12)23-17(24)11-22-19(26)14-10-13(21)7-8-15(14)20/h2-5,7-8,10H,6,9,11,21H2,1H3,(H,22,26)(H,23,24). The minimum absolute atomic E-state index is 0.197. The second kappa shape index (κ2) is 9.59. The number of halogens is 1. The molecule has 0 aliphatic carbocycles. The highest BCUT2D eigenvalue weighted by atomic mass is 35.5. The van der Waals surface area contributed by atoms with Crippen LogP contribution in [0.5, 0.6) is 0 Å². The third kappa shape index (κ3) is 6.00. The molecule has 4 N–H and O–H groups in total. The summed E-state index contributed by atoms with van der Waals surface area (Å²) in [7, 11) is 1.32. The third-order valence-electron chi connectivity index (χ3n) is 3.76. The number of amides is 2. The predicted octanol–water partition coefficient (Wildman–Crippen LogP) is 2.40. The van der Waals surface area contributed by atoms with E-state index in [4.69, 9.17) is 17.3 Å². The number of methoxy groups -OCH3 is 1. The van der Waals surface area contributed by atoms with Gasteiger partial charge in [0.05, 0.1) is 24.2 Å². The summed E-state index contributed by atoms with van der Waals surface area (Å²) in [5.74, 6) is -1.24. The number of carbonyl (C=O) groups excluding carboxylic acids is 3. The normalized spacial score (nSPS) is 10.1. The van der Waals surface area contributed by atoms with Gasteiger partial charge < -0.3 is 21.1 Å². The van der Waals surface area contributed by atoms with Crippen LogP contribution in [0.4, 0.5) is 11.4 Å². The Hall–Kier alpha value is -3.06. The van der Waals surface area contributed by atoms with Crippen molar-refractivity contribution in [2.45, 2.75) is 12.8 Å². The zero-order valence-electron chi connectivity index (χ0n) is 14.8. The number of hydrogen-bond acceptors (Lipinski definition) is 5. The van der Waals surface area contributed by atoms with Crippen LogP contribution in [-0.2, 0) is 20.7 Å². The van der Waals surface area contributed by atoms with Gasteiger partial charge in [-0.25, -0.2) is 0 Å². The minimum atomic E-state index is -0.499. The van der Waals surface area contributed by atoms with Crippen LogP contribution < -0.4 is 16.4 Å². The van der Waals surface area contributed by atoms with Gasteiger partial charge in [-0.05, 0) is 36.2 Å². The lowest BCUT2D eigenvalue weighted by Crippen LogP contribution is -2.33. The molecule has 0 aromatic heterocycles. The molecule has 0 aliphatic rings. The lowest BCUT2D eigenvalue weighted by atomic mass is 10.1. The van der Waals surface area contributed by atoms with Crippen molar-refractivity contribution >= 4 is 40.8 Å². The molecule has 2 aromatic carbocycles. The molecular weight excluding hydrogens is 370 g/mol. The number of anilines is 2. The van der Waals surface area contributed by atoms with Crippen LogP contribution in [0.15, 0.2) is 42.5 Å². The van der Waals surface area contributed by atoms with Crippen LogP contribution in [0.3, 0.4) is 0 Å². The van der Waals surface area contributed by atoms with E-state index in [1.165, 1.54) is 19.2 Å². The fourth-order valence-electron chi connectivity index (χ4n) is 2.37. The maximum Gasteiger partial charge on any atom is 0.305 e. The van der Waals surface area contributed by atoms with E-state index in [1.54, 1.807) is 18.2 Å². The number of nitrogens with two attached hydrogens (primary N) is 1. The molecular formula is C19H20ClN3O4. The number of ether oxygens (including phenoxy) is 1. The Bertz CT molecular complexity index is 855. The molecule has 7 nitrogen and oxygen atoms in total. The van der Waals surface area contributed by atoms with Crippen LogP contribution in [0.25, 0.3) is 0 Å². The molecule has 2 amide bonds. The van der Waals surface area contributed by atoms with E-state index in [0.29, 0.717) is 17.8 Å². The SMILES string of the molecule is COC(=O)CCc1ccccc1NC(=O)CNC(=O)c1cc(N)ccc1Cl. The van der Waals surface area contributed by atoms with Crippen LogP contribution in [-0.4, -0.2) is 31.4 Å². The summed E-state index contributed by atoms with van der Waals surface area (Å²) in [4.78, 5) is 35.6. The average Bonchev–Trinajstić information content (AvgIpc) is 2.67. The Kier molecular flexibility index (Phi) is 7.19.